The Morgan fingerprint density at radius 1 is 0.896 bits per heavy atom. The standard InChI is InChI=1S/C38H37Cl2N5O2S/c1-3-44-20-19-43(23-31(44)21-27-11-13-29(39)14-12-27)25-36-41-37(28-7-5-4-6-8-28)38(42-36)34-24-45(35-22-30(40)15-18-33(34)35)48(46,47)32-16-9-26(2)10-17-32/h4-18,22,24,31H,3,19-21,23,25H2,1-2H3,(H,41,42). The topological polar surface area (TPSA) is 74.2 Å². The first-order valence-electron chi connectivity index (χ1n) is 16.2. The summed E-state index contributed by atoms with van der Waals surface area (Å²) in [4.78, 5) is 14.0. The van der Waals surface area contributed by atoms with Gasteiger partial charge in [-0.05, 0) is 61.9 Å². The predicted octanol–water partition coefficient (Wildman–Crippen LogP) is 8.30. The molecule has 1 unspecified atom stereocenters. The molecule has 1 atom stereocenters. The van der Waals surface area contributed by atoms with Gasteiger partial charge in [-0.25, -0.2) is 17.4 Å². The van der Waals surface area contributed by atoms with Crippen LogP contribution >= 0.6 is 23.2 Å². The van der Waals surface area contributed by atoms with Crippen LogP contribution in [-0.2, 0) is 23.0 Å². The number of imidazole rings is 1. The Balaban J connectivity index is 1.27. The lowest BCUT2D eigenvalue weighted by Gasteiger charge is -2.41. The van der Waals surface area contributed by atoms with Crippen molar-refractivity contribution in [3.05, 3.63) is 130 Å². The van der Waals surface area contributed by atoms with Gasteiger partial charge in [0.15, 0.2) is 0 Å². The Labute approximate surface area is 291 Å². The highest BCUT2D eigenvalue weighted by Gasteiger charge is 2.29. The van der Waals surface area contributed by atoms with Crippen molar-refractivity contribution in [2.75, 3.05) is 26.2 Å². The third kappa shape index (κ3) is 6.56. The molecule has 48 heavy (non-hydrogen) atoms. The lowest BCUT2D eigenvalue weighted by molar-refractivity contribution is 0.0727. The number of benzene rings is 4. The largest absolute Gasteiger partial charge is 0.340 e. The molecule has 4 aromatic carbocycles. The fourth-order valence-corrected chi connectivity index (χ4v) is 8.36. The highest BCUT2D eigenvalue weighted by atomic mass is 35.5. The van der Waals surface area contributed by atoms with E-state index in [1.54, 1.807) is 30.5 Å². The molecule has 3 heterocycles. The van der Waals surface area contributed by atoms with Crippen molar-refractivity contribution in [3.63, 3.8) is 0 Å². The number of rotatable bonds is 9. The minimum absolute atomic E-state index is 0.212. The number of fused-ring (bicyclic) bond motifs is 1. The summed E-state index contributed by atoms with van der Waals surface area (Å²) in [5.74, 6) is 0.829. The molecule has 0 saturated carbocycles. The zero-order valence-corrected chi connectivity index (χ0v) is 29.2. The van der Waals surface area contributed by atoms with Gasteiger partial charge in [0.2, 0.25) is 0 Å². The Morgan fingerprint density at radius 3 is 2.35 bits per heavy atom. The van der Waals surface area contributed by atoms with E-state index in [1.807, 2.05) is 67.6 Å². The third-order valence-corrected chi connectivity index (χ3v) is 11.4. The number of hydrogen-bond donors (Lipinski definition) is 1. The van der Waals surface area contributed by atoms with Gasteiger partial charge in [0.25, 0.3) is 10.0 Å². The highest BCUT2D eigenvalue weighted by molar-refractivity contribution is 7.90. The van der Waals surface area contributed by atoms with Crippen molar-refractivity contribution in [2.24, 2.45) is 0 Å². The smallest absolute Gasteiger partial charge is 0.268 e. The van der Waals surface area contributed by atoms with Gasteiger partial charge in [-0.1, -0.05) is 96.4 Å². The number of likely N-dealkylation sites (N-methyl/N-ethyl adjacent to an activating group) is 1. The summed E-state index contributed by atoms with van der Waals surface area (Å²) in [5, 5.41) is 1.97. The van der Waals surface area contributed by atoms with Crippen LogP contribution in [0, 0.1) is 6.92 Å². The number of nitrogens with zero attached hydrogens (tertiary/aromatic N) is 4. The molecule has 0 bridgehead atoms. The lowest BCUT2D eigenvalue weighted by Crippen LogP contribution is -2.53. The normalized spacial score (nSPS) is 16.1. The second kappa shape index (κ2) is 13.5. The molecule has 1 fully saturated rings. The third-order valence-electron chi connectivity index (χ3n) is 9.23. The number of halogens is 2. The molecule has 0 aliphatic carbocycles. The van der Waals surface area contributed by atoms with Crippen LogP contribution in [-0.4, -0.2) is 64.4 Å². The van der Waals surface area contributed by atoms with Crippen LogP contribution in [0.4, 0.5) is 0 Å². The molecule has 1 N–H and O–H groups in total. The van der Waals surface area contributed by atoms with Gasteiger partial charge in [-0.15, -0.1) is 0 Å². The van der Waals surface area contributed by atoms with Crippen LogP contribution in [0.15, 0.2) is 108 Å². The number of aromatic nitrogens is 3. The number of H-pyrrole nitrogens is 1. The number of hydrogen-bond acceptors (Lipinski definition) is 5. The molecule has 1 aliphatic rings. The monoisotopic (exact) mass is 697 g/mol. The van der Waals surface area contributed by atoms with Crippen LogP contribution < -0.4 is 0 Å². The summed E-state index contributed by atoms with van der Waals surface area (Å²) >= 11 is 12.6. The van der Waals surface area contributed by atoms with Crippen molar-refractivity contribution < 1.29 is 8.42 Å². The predicted molar refractivity (Wildman–Crippen MR) is 195 cm³/mol. The molecule has 10 heteroatoms. The second-order valence-electron chi connectivity index (χ2n) is 12.4. The van der Waals surface area contributed by atoms with E-state index >= 15 is 0 Å². The Morgan fingerprint density at radius 2 is 1.62 bits per heavy atom. The summed E-state index contributed by atoms with van der Waals surface area (Å²) < 4.78 is 29.4. The summed E-state index contributed by atoms with van der Waals surface area (Å²) in [5.41, 5.74) is 6.00. The average molecular weight is 699 g/mol. The molecular formula is C38H37Cl2N5O2S. The first-order valence-corrected chi connectivity index (χ1v) is 18.4. The van der Waals surface area contributed by atoms with Crippen LogP contribution in [0.2, 0.25) is 10.0 Å². The first kappa shape index (κ1) is 32.6. The number of nitrogens with one attached hydrogen (secondary N) is 1. The Bertz CT molecular complexity index is 2160. The van der Waals surface area contributed by atoms with Crippen molar-refractivity contribution in [1.29, 1.82) is 0 Å². The minimum atomic E-state index is -3.92. The molecule has 246 valence electrons. The number of aryl methyl sites for hydroxylation is 1. The quantitative estimate of drug-likeness (QED) is 0.165. The fraction of sp³-hybridized carbons (Fsp3) is 0.237. The van der Waals surface area contributed by atoms with Gasteiger partial charge in [-0.2, -0.15) is 0 Å². The number of piperazine rings is 1. The van der Waals surface area contributed by atoms with Crippen LogP contribution in [0.3, 0.4) is 0 Å². The van der Waals surface area contributed by atoms with Crippen LogP contribution in [0.1, 0.15) is 23.9 Å². The SMILES string of the molecule is CCN1CCN(Cc2nc(-c3ccccc3)c(-c3cn(S(=O)(=O)c4ccc(C)cc4)c4cc(Cl)ccc34)[nH]2)CC1Cc1ccc(Cl)cc1. The van der Waals surface area contributed by atoms with Crippen LogP contribution in [0.5, 0.6) is 0 Å². The lowest BCUT2D eigenvalue weighted by atomic mass is 10.0. The van der Waals surface area contributed by atoms with E-state index in [0.29, 0.717) is 23.1 Å². The van der Waals surface area contributed by atoms with Gasteiger partial charge in [0.05, 0.1) is 28.3 Å². The molecule has 0 radical (unpaired) electrons. The molecule has 0 amide bonds. The molecule has 7 nitrogen and oxygen atoms in total. The van der Waals surface area contributed by atoms with Gasteiger partial charge in [0, 0.05) is 58.4 Å². The maximum absolute atomic E-state index is 14.0. The van der Waals surface area contributed by atoms with E-state index in [0.717, 1.165) is 76.9 Å². The van der Waals surface area contributed by atoms with Gasteiger partial charge >= 0.3 is 0 Å². The zero-order chi connectivity index (χ0) is 33.4. The second-order valence-corrected chi connectivity index (χ2v) is 15.1. The molecule has 0 spiro atoms. The molecule has 7 rings (SSSR count). The van der Waals surface area contributed by atoms with Crippen molar-refractivity contribution in [3.8, 4) is 22.5 Å². The van der Waals surface area contributed by atoms with Gasteiger partial charge < -0.3 is 4.98 Å². The van der Waals surface area contributed by atoms with Crippen molar-refractivity contribution >= 4 is 44.1 Å². The highest BCUT2D eigenvalue weighted by Crippen LogP contribution is 2.38. The van der Waals surface area contributed by atoms with Crippen molar-refractivity contribution in [1.82, 2.24) is 23.7 Å². The maximum Gasteiger partial charge on any atom is 0.268 e. The van der Waals surface area contributed by atoms with E-state index in [9.17, 15) is 8.42 Å². The van der Waals surface area contributed by atoms with E-state index < -0.39 is 10.0 Å². The van der Waals surface area contributed by atoms with E-state index in [2.05, 4.69) is 33.8 Å². The molecule has 1 aliphatic heterocycles. The summed E-state index contributed by atoms with van der Waals surface area (Å²) in [6, 6.07) is 30.8. The van der Waals surface area contributed by atoms with E-state index in [4.69, 9.17) is 28.2 Å². The summed E-state index contributed by atoms with van der Waals surface area (Å²) in [6.45, 7) is 8.59. The van der Waals surface area contributed by atoms with E-state index in [-0.39, 0.29) is 4.90 Å². The first-order chi connectivity index (χ1) is 23.2. The molecule has 2 aromatic heterocycles. The Kier molecular flexibility index (Phi) is 9.20. The average Bonchev–Trinajstić information content (AvgIpc) is 3.68. The fourth-order valence-electron chi connectivity index (χ4n) is 6.71. The van der Waals surface area contributed by atoms with Gasteiger partial charge in [-0.3, -0.25) is 9.80 Å². The Hall–Kier alpha value is -3.92. The van der Waals surface area contributed by atoms with Gasteiger partial charge in [0.1, 0.15) is 5.82 Å². The summed E-state index contributed by atoms with van der Waals surface area (Å²) in [7, 11) is -3.92. The van der Waals surface area contributed by atoms with E-state index in [1.165, 1.54) is 9.54 Å². The number of aromatic amines is 1. The molecule has 1 saturated heterocycles. The minimum Gasteiger partial charge on any atom is -0.340 e. The summed E-state index contributed by atoms with van der Waals surface area (Å²) in [6.07, 6.45) is 2.64. The molecular weight excluding hydrogens is 661 g/mol. The molecule has 6 aromatic rings. The van der Waals surface area contributed by atoms with Crippen molar-refractivity contribution in [2.45, 2.75) is 37.8 Å². The maximum atomic E-state index is 14.0. The van der Waals surface area contributed by atoms with Crippen LogP contribution in [0.25, 0.3) is 33.4 Å². The zero-order valence-electron chi connectivity index (χ0n) is 26.9.